The number of rotatable bonds is 7. The Bertz CT molecular complexity index is 878. The molecule has 2 N–H and O–H groups in total. The Morgan fingerprint density at radius 3 is 2.93 bits per heavy atom. The SMILES string of the molecule is COCc1nc(NCc2nc(-c3ccncc3)n[nH]2)cc([C@@H]2CCOC2)n1. The van der Waals surface area contributed by atoms with E-state index in [1.807, 2.05) is 18.2 Å². The number of hydrogen-bond acceptors (Lipinski definition) is 8. The van der Waals surface area contributed by atoms with Crippen molar-refractivity contribution in [1.29, 1.82) is 0 Å². The van der Waals surface area contributed by atoms with E-state index in [0.29, 0.717) is 37.3 Å². The Kier molecular flexibility index (Phi) is 5.31. The van der Waals surface area contributed by atoms with Crippen LogP contribution in [0.15, 0.2) is 30.6 Å². The lowest BCUT2D eigenvalue weighted by molar-refractivity contribution is 0.177. The van der Waals surface area contributed by atoms with Crippen molar-refractivity contribution in [2.75, 3.05) is 25.6 Å². The lowest BCUT2D eigenvalue weighted by atomic mass is 10.0. The topological polar surface area (TPSA) is 111 Å². The quantitative estimate of drug-likeness (QED) is 0.652. The molecule has 0 aliphatic carbocycles. The first-order valence-corrected chi connectivity index (χ1v) is 8.82. The van der Waals surface area contributed by atoms with E-state index in [-0.39, 0.29) is 0 Å². The number of aromatic nitrogens is 6. The van der Waals surface area contributed by atoms with Crippen molar-refractivity contribution < 1.29 is 9.47 Å². The standard InChI is InChI=1S/C18H21N7O2/c1-26-11-17-21-14(13-4-7-27-10-13)8-15(22-17)20-9-16-23-18(25-24-16)12-2-5-19-6-3-12/h2-3,5-6,8,13H,4,7,9-11H2,1H3,(H,20,21,22)(H,23,24,25)/t13-/m1/s1. The predicted molar refractivity (Wildman–Crippen MR) is 97.9 cm³/mol. The van der Waals surface area contributed by atoms with Crippen LogP contribution in [0.25, 0.3) is 11.4 Å². The van der Waals surface area contributed by atoms with E-state index >= 15 is 0 Å². The van der Waals surface area contributed by atoms with Crippen LogP contribution < -0.4 is 5.32 Å². The summed E-state index contributed by atoms with van der Waals surface area (Å²) < 4.78 is 10.7. The van der Waals surface area contributed by atoms with Crippen molar-refractivity contribution in [2.24, 2.45) is 0 Å². The fraction of sp³-hybridized carbons (Fsp3) is 0.389. The summed E-state index contributed by atoms with van der Waals surface area (Å²) in [5.74, 6) is 3.05. The number of H-pyrrole nitrogens is 1. The van der Waals surface area contributed by atoms with Crippen LogP contribution in [0, 0.1) is 0 Å². The molecule has 9 nitrogen and oxygen atoms in total. The van der Waals surface area contributed by atoms with Gasteiger partial charge in [-0.05, 0) is 18.6 Å². The highest BCUT2D eigenvalue weighted by Crippen LogP contribution is 2.25. The first-order chi connectivity index (χ1) is 13.3. The van der Waals surface area contributed by atoms with Crippen molar-refractivity contribution in [3.05, 3.63) is 47.9 Å². The van der Waals surface area contributed by atoms with Gasteiger partial charge in [0.15, 0.2) is 11.6 Å². The molecule has 3 aromatic heterocycles. The molecule has 1 aliphatic heterocycles. The van der Waals surface area contributed by atoms with E-state index in [9.17, 15) is 0 Å². The van der Waals surface area contributed by atoms with Crippen molar-refractivity contribution in [3.8, 4) is 11.4 Å². The molecule has 0 spiro atoms. The van der Waals surface area contributed by atoms with Gasteiger partial charge in [0, 0.05) is 43.7 Å². The molecule has 1 fully saturated rings. The number of hydrogen-bond donors (Lipinski definition) is 2. The average molecular weight is 367 g/mol. The molecule has 1 aliphatic rings. The van der Waals surface area contributed by atoms with Crippen molar-refractivity contribution in [2.45, 2.75) is 25.5 Å². The Labute approximate surface area is 156 Å². The van der Waals surface area contributed by atoms with E-state index in [1.54, 1.807) is 19.5 Å². The molecular formula is C18H21N7O2. The smallest absolute Gasteiger partial charge is 0.181 e. The summed E-state index contributed by atoms with van der Waals surface area (Å²) in [5.41, 5.74) is 1.90. The summed E-state index contributed by atoms with van der Waals surface area (Å²) in [5, 5.41) is 10.5. The van der Waals surface area contributed by atoms with Crippen LogP contribution in [0.2, 0.25) is 0 Å². The number of nitrogens with zero attached hydrogens (tertiary/aromatic N) is 5. The van der Waals surface area contributed by atoms with Gasteiger partial charge in [-0.2, -0.15) is 5.10 Å². The molecule has 0 unspecified atom stereocenters. The van der Waals surface area contributed by atoms with Crippen molar-refractivity contribution in [3.63, 3.8) is 0 Å². The first-order valence-electron chi connectivity index (χ1n) is 8.82. The van der Waals surface area contributed by atoms with Gasteiger partial charge >= 0.3 is 0 Å². The summed E-state index contributed by atoms with van der Waals surface area (Å²) >= 11 is 0. The highest BCUT2D eigenvalue weighted by molar-refractivity contribution is 5.53. The van der Waals surface area contributed by atoms with Crippen LogP contribution in [-0.2, 0) is 22.6 Å². The minimum absolute atomic E-state index is 0.299. The fourth-order valence-corrected chi connectivity index (χ4v) is 2.96. The van der Waals surface area contributed by atoms with Gasteiger partial charge in [-0.25, -0.2) is 15.0 Å². The van der Waals surface area contributed by atoms with Gasteiger partial charge in [0.1, 0.15) is 18.2 Å². The summed E-state index contributed by atoms with van der Waals surface area (Å²) in [7, 11) is 1.64. The third kappa shape index (κ3) is 4.26. The lowest BCUT2D eigenvalue weighted by Gasteiger charge is -2.12. The van der Waals surface area contributed by atoms with Crippen LogP contribution >= 0.6 is 0 Å². The maximum atomic E-state index is 5.49. The number of aromatic amines is 1. The Morgan fingerprint density at radius 2 is 2.15 bits per heavy atom. The predicted octanol–water partition coefficient (Wildman–Crippen LogP) is 1.92. The largest absolute Gasteiger partial charge is 0.381 e. The lowest BCUT2D eigenvalue weighted by Crippen LogP contribution is -2.10. The maximum Gasteiger partial charge on any atom is 0.181 e. The normalized spacial score (nSPS) is 16.6. The fourth-order valence-electron chi connectivity index (χ4n) is 2.96. The summed E-state index contributed by atoms with van der Waals surface area (Å²) in [4.78, 5) is 17.6. The van der Waals surface area contributed by atoms with Crippen LogP contribution in [0.3, 0.4) is 0 Å². The molecule has 9 heteroatoms. The molecule has 27 heavy (non-hydrogen) atoms. The Morgan fingerprint density at radius 1 is 1.26 bits per heavy atom. The average Bonchev–Trinajstić information content (AvgIpc) is 3.39. The van der Waals surface area contributed by atoms with E-state index in [0.717, 1.165) is 35.9 Å². The van der Waals surface area contributed by atoms with E-state index < -0.39 is 0 Å². The second-order valence-electron chi connectivity index (χ2n) is 6.28. The summed E-state index contributed by atoms with van der Waals surface area (Å²) in [6.45, 7) is 2.31. The van der Waals surface area contributed by atoms with Crippen LogP contribution in [-0.4, -0.2) is 50.5 Å². The molecular weight excluding hydrogens is 346 g/mol. The molecule has 0 bridgehead atoms. The van der Waals surface area contributed by atoms with Crippen LogP contribution in [0.4, 0.5) is 5.82 Å². The number of ether oxygens (including phenoxy) is 2. The first kappa shape index (κ1) is 17.5. The zero-order chi connectivity index (χ0) is 18.5. The molecule has 1 saturated heterocycles. The number of methoxy groups -OCH3 is 1. The molecule has 0 amide bonds. The highest BCUT2D eigenvalue weighted by Gasteiger charge is 2.20. The summed E-state index contributed by atoms with van der Waals surface area (Å²) in [6.07, 6.45) is 4.41. The van der Waals surface area contributed by atoms with Gasteiger partial charge in [0.2, 0.25) is 0 Å². The van der Waals surface area contributed by atoms with Gasteiger partial charge in [-0.15, -0.1) is 0 Å². The Balaban J connectivity index is 1.48. The van der Waals surface area contributed by atoms with Crippen molar-refractivity contribution >= 4 is 5.82 Å². The summed E-state index contributed by atoms with van der Waals surface area (Å²) in [6, 6.07) is 5.72. The van der Waals surface area contributed by atoms with Gasteiger partial charge in [0.25, 0.3) is 0 Å². The van der Waals surface area contributed by atoms with Gasteiger partial charge in [0.05, 0.1) is 18.8 Å². The number of pyridine rings is 1. The molecule has 4 heterocycles. The van der Waals surface area contributed by atoms with Crippen molar-refractivity contribution in [1.82, 2.24) is 30.1 Å². The van der Waals surface area contributed by atoms with Crippen LogP contribution in [0.1, 0.15) is 29.7 Å². The van der Waals surface area contributed by atoms with Gasteiger partial charge in [-0.3, -0.25) is 10.1 Å². The monoisotopic (exact) mass is 367 g/mol. The van der Waals surface area contributed by atoms with E-state index in [1.165, 1.54) is 0 Å². The van der Waals surface area contributed by atoms with Crippen LogP contribution in [0.5, 0.6) is 0 Å². The molecule has 4 rings (SSSR count). The molecule has 0 saturated carbocycles. The second kappa shape index (κ2) is 8.19. The molecule has 3 aromatic rings. The third-order valence-electron chi connectivity index (χ3n) is 4.32. The molecule has 140 valence electrons. The number of nitrogens with one attached hydrogen (secondary N) is 2. The molecule has 0 radical (unpaired) electrons. The minimum atomic E-state index is 0.299. The molecule has 0 aromatic carbocycles. The van der Waals surface area contributed by atoms with E-state index in [4.69, 9.17) is 9.47 Å². The minimum Gasteiger partial charge on any atom is -0.381 e. The molecule has 1 atom stereocenters. The number of anilines is 1. The Hall–Kier alpha value is -2.91. The third-order valence-corrected chi connectivity index (χ3v) is 4.32. The zero-order valence-electron chi connectivity index (χ0n) is 15.1. The second-order valence-corrected chi connectivity index (χ2v) is 6.28. The zero-order valence-corrected chi connectivity index (χ0v) is 15.1. The van der Waals surface area contributed by atoms with Gasteiger partial charge < -0.3 is 14.8 Å². The van der Waals surface area contributed by atoms with E-state index in [2.05, 4.69) is 35.5 Å². The maximum absolute atomic E-state index is 5.49. The highest BCUT2D eigenvalue weighted by atomic mass is 16.5. The van der Waals surface area contributed by atoms with Gasteiger partial charge in [-0.1, -0.05) is 0 Å².